The lowest BCUT2D eigenvalue weighted by Gasteiger charge is -2.13. The molecule has 2 aromatic heterocycles. The van der Waals surface area contributed by atoms with Crippen molar-refractivity contribution in [3.63, 3.8) is 0 Å². The van der Waals surface area contributed by atoms with Crippen LogP contribution in [-0.4, -0.2) is 35.0 Å². The van der Waals surface area contributed by atoms with Gasteiger partial charge in [0.15, 0.2) is 21.9 Å². The van der Waals surface area contributed by atoms with Crippen molar-refractivity contribution in [3.8, 4) is 17.6 Å². The van der Waals surface area contributed by atoms with Gasteiger partial charge in [-0.25, -0.2) is 13.4 Å². The quantitative estimate of drug-likeness (QED) is 0.764. The molecule has 0 bridgehead atoms. The molecule has 1 fully saturated rings. The Morgan fingerprint density at radius 2 is 2.08 bits per heavy atom. The Labute approximate surface area is 139 Å². The van der Waals surface area contributed by atoms with Crippen LogP contribution in [0.25, 0.3) is 11.5 Å². The first kappa shape index (κ1) is 16.3. The Balaban J connectivity index is 2.25. The molecule has 2 aromatic rings. The second kappa shape index (κ2) is 5.53. The fraction of sp³-hybridized carbons (Fsp3) is 0.375. The normalized spacial score (nSPS) is 15.7. The number of sulfone groups is 1. The van der Waals surface area contributed by atoms with Crippen molar-refractivity contribution in [2.24, 2.45) is 7.05 Å². The Bertz CT molecular complexity index is 966. The topological polar surface area (TPSA) is 106 Å². The second-order valence-electron chi connectivity index (χ2n) is 5.85. The minimum atomic E-state index is -3.57. The van der Waals surface area contributed by atoms with Gasteiger partial charge >= 0.3 is 0 Å². The van der Waals surface area contributed by atoms with E-state index < -0.39 is 15.3 Å². The van der Waals surface area contributed by atoms with Crippen LogP contribution in [0.5, 0.6) is 0 Å². The predicted octanol–water partition coefficient (Wildman–Crippen LogP) is 1.64. The van der Waals surface area contributed by atoms with E-state index in [1.165, 1.54) is 23.0 Å². The molecule has 2 heterocycles. The standard InChI is InChI=1S/C16H16N4O3S/c1-3-24(22,23)13-6-11(16(10-17)4-5-16)7-18-14(13)15-19-8-12(9-21)20(15)2/h6-9H,3-5H2,1-2H3. The number of carbonyl (C=O) groups is 1. The fourth-order valence-electron chi connectivity index (χ4n) is 2.61. The average Bonchev–Trinajstić information content (AvgIpc) is 3.31. The van der Waals surface area contributed by atoms with Gasteiger partial charge in [0.1, 0.15) is 11.4 Å². The van der Waals surface area contributed by atoms with Gasteiger partial charge in [-0.3, -0.25) is 9.78 Å². The van der Waals surface area contributed by atoms with E-state index in [9.17, 15) is 18.5 Å². The van der Waals surface area contributed by atoms with Crippen LogP contribution in [-0.2, 0) is 22.3 Å². The van der Waals surface area contributed by atoms with Gasteiger partial charge in [0.2, 0.25) is 0 Å². The molecule has 0 saturated heterocycles. The van der Waals surface area contributed by atoms with Crippen molar-refractivity contribution in [1.82, 2.24) is 14.5 Å². The second-order valence-corrected chi connectivity index (χ2v) is 8.10. The minimum absolute atomic E-state index is 0.0511. The van der Waals surface area contributed by atoms with E-state index in [0.29, 0.717) is 36.2 Å². The molecular formula is C16H16N4O3S. The van der Waals surface area contributed by atoms with Gasteiger partial charge in [0.05, 0.1) is 28.3 Å². The molecule has 1 aliphatic carbocycles. The summed E-state index contributed by atoms with van der Waals surface area (Å²) in [5.41, 5.74) is 0.515. The van der Waals surface area contributed by atoms with Crippen molar-refractivity contribution in [2.75, 3.05) is 5.75 Å². The van der Waals surface area contributed by atoms with E-state index in [4.69, 9.17) is 0 Å². The van der Waals surface area contributed by atoms with Gasteiger partial charge in [0, 0.05) is 13.2 Å². The predicted molar refractivity (Wildman–Crippen MR) is 86.1 cm³/mol. The Morgan fingerprint density at radius 1 is 1.38 bits per heavy atom. The monoisotopic (exact) mass is 344 g/mol. The van der Waals surface area contributed by atoms with Crippen LogP contribution in [0.3, 0.4) is 0 Å². The highest BCUT2D eigenvalue weighted by Gasteiger charge is 2.46. The summed E-state index contributed by atoms with van der Waals surface area (Å²) >= 11 is 0. The number of rotatable bonds is 5. The molecule has 0 aliphatic heterocycles. The summed E-state index contributed by atoms with van der Waals surface area (Å²) in [6.45, 7) is 1.55. The van der Waals surface area contributed by atoms with E-state index in [2.05, 4.69) is 16.0 Å². The van der Waals surface area contributed by atoms with Gasteiger partial charge < -0.3 is 4.57 Å². The zero-order valence-corrected chi connectivity index (χ0v) is 14.2. The number of aldehydes is 1. The minimum Gasteiger partial charge on any atom is -0.324 e. The zero-order valence-electron chi connectivity index (χ0n) is 13.4. The van der Waals surface area contributed by atoms with Gasteiger partial charge in [-0.2, -0.15) is 5.26 Å². The fourth-order valence-corrected chi connectivity index (χ4v) is 3.67. The molecule has 0 atom stereocenters. The zero-order chi connectivity index (χ0) is 17.5. The third kappa shape index (κ3) is 2.41. The van der Waals surface area contributed by atoms with Crippen molar-refractivity contribution in [3.05, 3.63) is 29.7 Å². The van der Waals surface area contributed by atoms with E-state index in [1.54, 1.807) is 14.0 Å². The summed E-state index contributed by atoms with van der Waals surface area (Å²) in [6.07, 6.45) is 4.96. The highest BCUT2D eigenvalue weighted by Crippen LogP contribution is 2.48. The number of imidazole rings is 1. The third-order valence-electron chi connectivity index (χ3n) is 4.44. The van der Waals surface area contributed by atoms with Crippen LogP contribution >= 0.6 is 0 Å². The van der Waals surface area contributed by atoms with Crippen LogP contribution < -0.4 is 0 Å². The number of hydrogen-bond donors (Lipinski definition) is 0. The van der Waals surface area contributed by atoms with Gasteiger partial charge in [-0.05, 0) is 24.5 Å². The maximum atomic E-state index is 12.5. The number of nitrogens with zero attached hydrogens (tertiary/aromatic N) is 4. The number of aromatic nitrogens is 3. The van der Waals surface area contributed by atoms with Crippen LogP contribution in [0.2, 0.25) is 0 Å². The lowest BCUT2D eigenvalue weighted by Crippen LogP contribution is -2.12. The van der Waals surface area contributed by atoms with Gasteiger partial charge in [-0.1, -0.05) is 6.92 Å². The third-order valence-corrected chi connectivity index (χ3v) is 6.18. The molecule has 1 aliphatic rings. The molecule has 24 heavy (non-hydrogen) atoms. The van der Waals surface area contributed by atoms with Crippen LogP contribution in [0.15, 0.2) is 23.4 Å². The van der Waals surface area contributed by atoms with Crippen LogP contribution in [0, 0.1) is 11.3 Å². The Hall–Kier alpha value is -2.53. The molecule has 0 aromatic carbocycles. The Morgan fingerprint density at radius 3 is 2.58 bits per heavy atom. The van der Waals surface area contributed by atoms with Crippen molar-refractivity contribution in [1.29, 1.82) is 5.26 Å². The van der Waals surface area contributed by atoms with E-state index in [1.807, 2.05) is 0 Å². The van der Waals surface area contributed by atoms with Crippen LogP contribution in [0.1, 0.15) is 35.8 Å². The molecule has 0 spiro atoms. The molecule has 0 N–H and O–H groups in total. The molecule has 0 amide bonds. The number of carbonyl (C=O) groups excluding carboxylic acids is 1. The summed E-state index contributed by atoms with van der Waals surface area (Å²) in [5, 5.41) is 9.34. The van der Waals surface area contributed by atoms with Gasteiger partial charge in [-0.15, -0.1) is 0 Å². The first-order valence-electron chi connectivity index (χ1n) is 7.50. The van der Waals surface area contributed by atoms with Gasteiger partial charge in [0.25, 0.3) is 0 Å². The maximum Gasteiger partial charge on any atom is 0.180 e. The first-order chi connectivity index (χ1) is 11.4. The summed E-state index contributed by atoms with van der Waals surface area (Å²) in [4.78, 5) is 19.5. The molecular weight excluding hydrogens is 328 g/mol. The maximum absolute atomic E-state index is 12.5. The lowest BCUT2D eigenvalue weighted by atomic mass is 9.99. The van der Waals surface area contributed by atoms with E-state index in [0.717, 1.165) is 0 Å². The molecule has 1 saturated carbocycles. The molecule has 124 valence electrons. The van der Waals surface area contributed by atoms with Crippen molar-refractivity contribution >= 4 is 16.1 Å². The van der Waals surface area contributed by atoms with E-state index >= 15 is 0 Å². The molecule has 0 radical (unpaired) electrons. The highest BCUT2D eigenvalue weighted by atomic mass is 32.2. The first-order valence-corrected chi connectivity index (χ1v) is 9.15. The van der Waals surface area contributed by atoms with Crippen molar-refractivity contribution in [2.45, 2.75) is 30.1 Å². The average molecular weight is 344 g/mol. The molecule has 7 nitrogen and oxygen atoms in total. The molecule has 8 heteroatoms. The molecule has 3 rings (SSSR count). The largest absolute Gasteiger partial charge is 0.324 e. The SMILES string of the molecule is CCS(=O)(=O)c1cc(C2(C#N)CC2)cnc1-c1ncc(C=O)n1C. The van der Waals surface area contributed by atoms with Crippen molar-refractivity contribution < 1.29 is 13.2 Å². The Kier molecular flexibility index (Phi) is 3.76. The number of hydrogen-bond acceptors (Lipinski definition) is 6. The number of nitriles is 1. The summed E-state index contributed by atoms with van der Waals surface area (Å²) in [5.74, 6) is 0.216. The summed E-state index contributed by atoms with van der Waals surface area (Å²) in [7, 11) is -1.94. The van der Waals surface area contributed by atoms with E-state index in [-0.39, 0.29) is 16.3 Å². The summed E-state index contributed by atoms with van der Waals surface area (Å²) in [6, 6.07) is 3.78. The summed E-state index contributed by atoms with van der Waals surface area (Å²) < 4.78 is 26.6. The smallest absolute Gasteiger partial charge is 0.180 e. The molecule has 0 unspecified atom stereocenters. The number of pyridine rings is 1. The van der Waals surface area contributed by atoms with Crippen LogP contribution in [0.4, 0.5) is 0 Å². The lowest BCUT2D eigenvalue weighted by molar-refractivity contribution is 0.111. The highest BCUT2D eigenvalue weighted by molar-refractivity contribution is 7.91.